The van der Waals surface area contributed by atoms with Gasteiger partial charge in [0.2, 0.25) is 10.0 Å². The van der Waals surface area contributed by atoms with E-state index in [4.69, 9.17) is 10.7 Å². The van der Waals surface area contributed by atoms with Crippen molar-refractivity contribution < 1.29 is 16.8 Å². The lowest BCUT2D eigenvalue weighted by Gasteiger charge is -2.21. The molecule has 2 rings (SSSR count). The molecule has 114 valence electrons. The summed E-state index contributed by atoms with van der Waals surface area (Å²) in [5, 5.41) is -0.326. The minimum atomic E-state index is -3.74. The van der Waals surface area contributed by atoms with E-state index in [0.717, 1.165) is 30.6 Å². The molecule has 9 heteroatoms. The normalized spacial score (nSPS) is 18.2. The molecule has 1 fully saturated rings. The number of hydrogen-bond donors (Lipinski definition) is 1. The third-order valence-electron chi connectivity index (χ3n) is 3.32. The summed E-state index contributed by atoms with van der Waals surface area (Å²) in [5.41, 5.74) is 0. The predicted octanol–water partition coefficient (Wildman–Crippen LogP) is 2.43. The number of thiophene rings is 1. The molecule has 20 heavy (non-hydrogen) atoms. The molecule has 0 bridgehead atoms. The third kappa shape index (κ3) is 4.17. The summed E-state index contributed by atoms with van der Waals surface area (Å²) < 4.78 is 49.1. The molecule has 1 N–H and O–H groups in total. The summed E-state index contributed by atoms with van der Waals surface area (Å²) in [6.07, 6.45) is 4.37. The van der Waals surface area contributed by atoms with Crippen LogP contribution >= 0.6 is 22.0 Å². The minimum absolute atomic E-state index is 0.0334. The van der Waals surface area contributed by atoms with E-state index in [1.165, 1.54) is 6.07 Å². The van der Waals surface area contributed by atoms with Crippen LogP contribution in [0, 0.1) is 0 Å². The molecule has 0 spiro atoms. The quantitative estimate of drug-likeness (QED) is 0.820. The Morgan fingerprint density at radius 3 is 2.35 bits per heavy atom. The van der Waals surface area contributed by atoms with Gasteiger partial charge in [-0.1, -0.05) is 19.3 Å². The Morgan fingerprint density at radius 2 is 1.80 bits per heavy atom. The molecule has 1 saturated carbocycles. The molecule has 5 nitrogen and oxygen atoms in total. The molecule has 1 aromatic heterocycles. The van der Waals surface area contributed by atoms with Crippen molar-refractivity contribution in [3.8, 4) is 0 Å². The zero-order valence-electron chi connectivity index (χ0n) is 10.7. The molecule has 0 saturated heterocycles. The molecule has 1 aliphatic rings. The van der Waals surface area contributed by atoms with Crippen molar-refractivity contribution in [2.24, 2.45) is 0 Å². The Bertz CT molecular complexity index is 660. The van der Waals surface area contributed by atoms with Crippen LogP contribution in [-0.2, 0) is 25.6 Å². The van der Waals surface area contributed by atoms with E-state index in [0.29, 0.717) is 17.7 Å². The number of hydrogen-bond acceptors (Lipinski definition) is 5. The summed E-state index contributed by atoms with van der Waals surface area (Å²) in [7, 11) is -1.85. The molecule has 0 aliphatic heterocycles. The zero-order chi connectivity index (χ0) is 14.8. The molecule has 0 unspecified atom stereocenters. The maximum absolute atomic E-state index is 12.1. The highest BCUT2D eigenvalue weighted by Gasteiger charge is 2.27. The Balaban J connectivity index is 1.99. The summed E-state index contributed by atoms with van der Waals surface area (Å²) >= 11 is 0.980. The van der Waals surface area contributed by atoms with Gasteiger partial charge in [-0.05, 0) is 25.0 Å². The molecule has 0 amide bonds. The van der Waals surface area contributed by atoms with Gasteiger partial charge in [0.25, 0.3) is 9.05 Å². The van der Waals surface area contributed by atoms with Crippen molar-refractivity contribution in [1.29, 1.82) is 0 Å². The highest BCUT2D eigenvalue weighted by atomic mass is 35.7. The molecular weight excluding hydrogens is 342 g/mol. The third-order valence-corrected chi connectivity index (χ3v) is 8.39. The Hall–Kier alpha value is -0.150. The van der Waals surface area contributed by atoms with Crippen LogP contribution in [0.2, 0.25) is 0 Å². The smallest absolute Gasteiger partial charge is 0.212 e. The topological polar surface area (TPSA) is 80.3 Å². The maximum atomic E-state index is 12.1. The lowest BCUT2D eigenvalue weighted by Crippen LogP contribution is -2.35. The number of sulfonamides is 1. The van der Waals surface area contributed by atoms with E-state index < -0.39 is 19.1 Å². The summed E-state index contributed by atoms with van der Waals surface area (Å²) in [4.78, 5) is 0.628. The SMILES string of the molecule is O=S(=O)(Cl)c1ccc(CNS(=O)(=O)C2CCCCC2)s1. The van der Waals surface area contributed by atoms with Gasteiger partial charge in [-0.25, -0.2) is 21.6 Å². The maximum Gasteiger partial charge on any atom is 0.270 e. The summed E-state index contributed by atoms with van der Waals surface area (Å²) in [5.74, 6) is 0. The van der Waals surface area contributed by atoms with Crippen molar-refractivity contribution >= 4 is 41.1 Å². The highest BCUT2D eigenvalue weighted by Crippen LogP contribution is 2.26. The first kappa shape index (κ1) is 16.2. The second-order valence-corrected chi connectivity index (χ2v) is 10.8. The molecular formula is C11H16ClNO4S3. The van der Waals surface area contributed by atoms with Crippen LogP contribution in [-0.4, -0.2) is 22.1 Å². The van der Waals surface area contributed by atoms with Gasteiger partial charge >= 0.3 is 0 Å². The van der Waals surface area contributed by atoms with Gasteiger partial charge in [-0.15, -0.1) is 11.3 Å². The lowest BCUT2D eigenvalue weighted by atomic mass is 10.0. The van der Waals surface area contributed by atoms with E-state index in [1.54, 1.807) is 6.07 Å². The van der Waals surface area contributed by atoms with E-state index in [-0.39, 0.29) is 16.0 Å². The van der Waals surface area contributed by atoms with Crippen molar-refractivity contribution in [3.63, 3.8) is 0 Å². The Kier molecular flexibility index (Phi) is 5.12. The summed E-state index contributed by atoms with van der Waals surface area (Å²) in [6.45, 7) is 0.107. The van der Waals surface area contributed by atoms with Gasteiger partial charge in [0.15, 0.2) is 0 Å². The summed E-state index contributed by atoms with van der Waals surface area (Å²) in [6, 6.07) is 2.96. The fourth-order valence-corrected chi connectivity index (χ4v) is 5.95. The lowest BCUT2D eigenvalue weighted by molar-refractivity contribution is 0.477. The van der Waals surface area contributed by atoms with Crippen molar-refractivity contribution in [3.05, 3.63) is 17.0 Å². The van der Waals surface area contributed by atoms with Crippen molar-refractivity contribution in [1.82, 2.24) is 4.72 Å². The average molecular weight is 358 g/mol. The van der Waals surface area contributed by atoms with Gasteiger partial charge in [0, 0.05) is 22.1 Å². The molecule has 1 heterocycles. The van der Waals surface area contributed by atoms with Crippen LogP contribution in [0.5, 0.6) is 0 Å². The van der Waals surface area contributed by atoms with Gasteiger partial charge in [0.1, 0.15) is 4.21 Å². The largest absolute Gasteiger partial charge is 0.270 e. The fourth-order valence-electron chi connectivity index (χ4n) is 2.25. The molecule has 0 radical (unpaired) electrons. The van der Waals surface area contributed by atoms with Gasteiger partial charge in [0.05, 0.1) is 5.25 Å². The average Bonchev–Trinajstić information content (AvgIpc) is 2.86. The van der Waals surface area contributed by atoms with E-state index in [1.807, 2.05) is 0 Å². The number of nitrogens with one attached hydrogen (secondary N) is 1. The standard InChI is InChI=1S/C11H16ClNO4S3/c12-19(14,15)11-7-6-9(18-11)8-13-20(16,17)10-4-2-1-3-5-10/h6-7,10,13H,1-5,8H2. The van der Waals surface area contributed by atoms with E-state index in [2.05, 4.69) is 4.72 Å². The van der Waals surface area contributed by atoms with Gasteiger partial charge < -0.3 is 0 Å². The van der Waals surface area contributed by atoms with Crippen molar-refractivity contribution in [2.45, 2.75) is 48.1 Å². The highest BCUT2D eigenvalue weighted by molar-refractivity contribution is 8.15. The second kappa shape index (κ2) is 6.31. The predicted molar refractivity (Wildman–Crippen MR) is 80.0 cm³/mol. The second-order valence-electron chi connectivity index (χ2n) is 4.78. The van der Waals surface area contributed by atoms with Crippen LogP contribution in [0.3, 0.4) is 0 Å². The number of halogens is 1. The Labute approximate surface area is 127 Å². The van der Waals surface area contributed by atoms with Gasteiger partial charge in [-0.3, -0.25) is 0 Å². The van der Waals surface area contributed by atoms with Crippen LogP contribution in [0.15, 0.2) is 16.3 Å². The zero-order valence-corrected chi connectivity index (χ0v) is 13.9. The van der Waals surface area contributed by atoms with Crippen LogP contribution in [0.25, 0.3) is 0 Å². The minimum Gasteiger partial charge on any atom is -0.212 e. The molecule has 1 aliphatic carbocycles. The van der Waals surface area contributed by atoms with E-state index in [9.17, 15) is 16.8 Å². The van der Waals surface area contributed by atoms with Gasteiger partial charge in [-0.2, -0.15) is 0 Å². The first-order chi connectivity index (χ1) is 9.29. The first-order valence-corrected chi connectivity index (χ1v) is 11.0. The van der Waals surface area contributed by atoms with Crippen LogP contribution in [0.4, 0.5) is 0 Å². The Morgan fingerprint density at radius 1 is 1.15 bits per heavy atom. The molecule has 1 aromatic rings. The monoisotopic (exact) mass is 357 g/mol. The van der Waals surface area contributed by atoms with Crippen LogP contribution < -0.4 is 4.72 Å². The van der Waals surface area contributed by atoms with Crippen LogP contribution in [0.1, 0.15) is 37.0 Å². The van der Waals surface area contributed by atoms with Crippen molar-refractivity contribution in [2.75, 3.05) is 0 Å². The first-order valence-electron chi connectivity index (χ1n) is 6.31. The fraction of sp³-hybridized carbons (Fsp3) is 0.636. The molecule has 0 atom stereocenters. The van der Waals surface area contributed by atoms with E-state index >= 15 is 0 Å². The number of rotatable bonds is 5. The molecule has 0 aromatic carbocycles.